The van der Waals surface area contributed by atoms with Gasteiger partial charge in [-0.1, -0.05) is 60.7 Å². The number of nitrogens with zero attached hydrogens (tertiary/aromatic N) is 1. The number of thiocarbonyl (C=S) groups is 1. The van der Waals surface area contributed by atoms with Crippen LogP contribution < -0.4 is 10.5 Å². The zero-order valence-electron chi connectivity index (χ0n) is 11.3. The molecule has 0 aliphatic rings. The van der Waals surface area contributed by atoms with Gasteiger partial charge in [-0.2, -0.15) is 5.26 Å². The normalized spacial score (nSPS) is 10.7. The van der Waals surface area contributed by atoms with E-state index >= 15 is 0 Å². The zero-order chi connectivity index (χ0) is 15.1. The predicted molar refractivity (Wildman–Crippen MR) is 87.6 cm³/mol. The van der Waals surface area contributed by atoms with E-state index in [9.17, 15) is 0 Å². The summed E-state index contributed by atoms with van der Waals surface area (Å²) >= 11 is 4.85. The number of benzene rings is 2. The van der Waals surface area contributed by atoms with E-state index in [0.29, 0.717) is 12.4 Å². The van der Waals surface area contributed by atoms with Crippen molar-refractivity contribution in [3.63, 3.8) is 0 Å². The van der Waals surface area contributed by atoms with Crippen molar-refractivity contribution in [2.24, 2.45) is 5.73 Å². The molecule has 3 nitrogen and oxygen atoms in total. The highest BCUT2D eigenvalue weighted by Gasteiger charge is 2.05. The number of hydrogen-bond donors (Lipinski definition) is 1. The average molecular weight is 294 g/mol. The van der Waals surface area contributed by atoms with Gasteiger partial charge in [0.2, 0.25) is 0 Å². The lowest BCUT2D eigenvalue weighted by molar-refractivity contribution is 0.305. The maximum Gasteiger partial charge on any atom is 0.127 e. The second kappa shape index (κ2) is 7.22. The standard InChI is InChI=1S/C17H14N2OS/c18-11-15(17(19)21)10-14-8-4-5-9-16(14)20-12-13-6-2-1-3-7-13/h1-10H,12H2,(H2,19,21)/b15-10-. The number of nitriles is 1. The Morgan fingerprint density at radius 2 is 1.81 bits per heavy atom. The van der Waals surface area contributed by atoms with Crippen LogP contribution in [0, 0.1) is 11.3 Å². The predicted octanol–water partition coefficient (Wildman–Crippen LogP) is 3.46. The largest absolute Gasteiger partial charge is 0.488 e. The molecule has 0 aromatic heterocycles. The summed E-state index contributed by atoms with van der Waals surface area (Å²) in [6, 6.07) is 19.3. The highest BCUT2D eigenvalue weighted by molar-refractivity contribution is 7.80. The SMILES string of the molecule is N#C/C(=C/c1ccccc1OCc1ccccc1)C(N)=S. The molecule has 2 aromatic carbocycles. The summed E-state index contributed by atoms with van der Waals surface area (Å²) in [6.45, 7) is 0.459. The van der Waals surface area contributed by atoms with E-state index in [-0.39, 0.29) is 10.6 Å². The summed E-state index contributed by atoms with van der Waals surface area (Å²) in [5, 5.41) is 9.03. The zero-order valence-corrected chi connectivity index (χ0v) is 12.1. The van der Waals surface area contributed by atoms with Crippen molar-refractivity contribution in [2.45, 2.75) is 6.61 Å². The molecule has 0 saturated carbocycles. The molecule has 0 saturated heterocycles. The highest BCUT2D eigenvalue weighted by atomic mass is 32.1. The minimum Gasteiger partial charge on any atom is -0.488 e. The highest BCUT2D eigenvalue weighted by Crippen LogP contribution is 2.22. The first-order valence-corrected chi connectivity index (χ1v) is 6.79. The Balaban J connectivity index is 2.22. The van der Waals surface area contributed by atoms with Gasteiger partial charge in [-0.25, -0.2) is 0 Å². The molecule has 2 N–H and O–H groups in total. The molecule has 0 unspecified atom stereocenters. The summed E-state index contributed by atoms with van der Waals surface area (Å²) in [5.74, 6) is 0.686. The molecule has 0 bridgehead atoms. The van der Waals surface area contributed by atoms with Crippen LogP contribution in [0.5, 0.6) is 5.75 Å². The molecule has 0 atom stereocenters. The van der Waals surface area contributed by atoms with E-state index in [1.807, 2.05) is 60.7 Å². The first-order chi connectivity index (χ1) is 10.2. The van der Waals surface area contributed by atoms with Crippen molar-refractivity contribution in [3.05, 3.63) is 71.3 Å². The number of para-hydroxylation sites is 1. The van der Waals surface area contributed by atoms with Gasteiger partial charge in [0.15, 0.2) is 0 Å². The van der Waals surface area contributed by atoms with Crippen LogP contribution in [0.15, 0.2) is 60.2 Å². The molecule has 4 heteroatoms. The van der Waals surface area contributed by atoms with Crippen LogP contribution in [0.25, 0.3) is 6.08 Å². The molecule has 104 valence electrons. The Kier molecular flexibility index (Phi) is 5.08. The lowest BCUT2D eigenvalue weighted by atomic mass is 10.1. The second-order valence-corrected chi connectivity index (χ2v) is 4.79. The minimum absolute atomic E-state index is 0.0790. The Labute approximate surface area is 129 Å². The van der Waals surface area contributed by atoms with Gasteiger partial charge in [-0.3, -0.25) is 0 Å². The van der Waals surface area contributed by atoms with E-state index in [4.69, 9.17) is 28.0 Å². The van der Waals surface area contributed by atoms with Gasteiger partial charge < -0.3 is 10.5 Å². The molecular weight excluding hydrogens is 280 g/mol. The van der Waals surface area contributed by atoms with Crippen LogP contribution in [0.4, 0.5) is 0 Å². The first-order valence-electron chi connectivity index (χ1n) is 6.38. The van der Waals surface area contributed by atoms with Crippen LogP contribution >= 0.6 is 12.2 Å². The Morgan fingerprint density at radius 1 is 1.14 bits per heavy atom. The topological polar surface area (TPSA) is 59.0 Å². The molecule has 0 fully saturated rings. The molecule has 0 spiro atoms. The van der Waals surface area contributed by atoms with E-state index in [1.54, 1.807) is 6.08 Å². The molecule has 0 radical (unpaired) electrons. The molecule has 0 aliphatic carbocycles. The summed E-state index contributed by atoms with van der Waals surface area (Å²) < 4.78 is 5.81. The summed E-state index contributed by atoms with van der Waals surface area (Å²) in [5.41, 5.74) is 7.63. The maximum absolute atomic E-state index is 9.03. The van der Waals surface area contributed by atoms with Crippen molar-refractivity contribution >= 4 is 23.3 Å². The van der Waals surface area contributed by atoms with Crippen molar-refractivity contribution in [1.29, 1.82) is 5.26 Å². The number of rotatable bonds is 5. The van der Waals surface area contributed by atoms with Crippen LogP contribution in [-0.2, 0) is 6.61 Å². The van der Waals surface area contributed by atoms with Crippen molar-refractivity contribution in [1.82, 2.24) is 0 Å². The third-order valence-electron chi connectivity index (χ3n) is 2.84. The van der Waals surface area contributed by atoms with Crippen molar-refractivity contribution in [3.8, 4) is 11.8 Å². The fourth-order valence-corrected chi connectivity index (χ4v) is 1.89. The Bertz CT molecular complexity index is 702. The fourth-order valence-electron chi connectivity index (χ4n) is 1.78. The molecule has 2 rings (SSSR count). The third-order valence-corrected chi connectivity index (χ3v) is 3.06. The van der Waals surface area contributed by atoms with Crippen molar-refractivity contribution < 1.29 is 4.74 Å². The van der Waals surface area contributed by atoms with Gasteiger partial charge in [0.25, 0.3) is 0 Å². The van der Waals surface area contributed by atoms with E-state index in [0.717, 1.165) is 11.1 Å². The Hall–Kier alpha value is -2.64. The third kappa shape index (κ3) is 4.16. The number of hydrogen-bond acceptors (Lipinski definition) is 3. The van der Waals surface area contributed by atoms with Gasteiger partial charge in [0.05, 0.1) is 5.57 Å². The molecular formula is C17H14N2OS. The molecule has 2 aromatic rings. The fraction of sp³-hybridized carbons (Fsp3) is 0.0588. The first kappa shape index (κ1) is 14.8. The average Bonchev–Trinajstić information content (AvgIpc) is 2.52. The molecule has 0 amide bonds. The molecule has 0 heterocycles. The van der Waals surface area contributed by atoms with Crippen LogP contribution in [-0.4, -0.2) is 4.99 Å². The maximum atomic E-state index is 9.03. The lowest BCUT2D eigenvalue weighted by Gasteiger charge is -2.09. The van der Waals surface area contributed by atoms with Crippen molar-refractivity contribution in [2.75, 3.05) is 0 Å². The van der Waals surface area contributed by atoms with Crippen LogP contribution in [0.3, 0.4) is 0 Å². The number of nitrogens with two attached hydrogens (primary N) is 1. The number of ether oxygens (including phenoxy) is 1. The van der Waals surface area contributed by atoms with E-state index < -0.39 is 0 Å². The van der Waals surface area contributed by atoms with Gasteiger partial charge in [-0.15, -0.1) is 0 Å². The lowest BCUT2D eigenvalue weighted by Crippen LogP contribution is -2.09. The second-order valence-electron chi connectivity index (χ2n) is 4.35. The van der Waals surface area contributed by atoms with Gasteiger partial charge >= 0.3 is 0 Å². The Morgan fingerprint density at radius 3 is 2.48 bits per heavy atom. The summed E-state index contributed by atoms with van der Waals surface area (Å²) in [4.78, 5) is 0.0790. The molecule has 21 heavy (non-hydrogen) atoms. The van der Waals surface area contributed by atoms with Gasteiger partial charge in [-0.05, 0) is 17.7 Å². The van der Waals surface area contributed by atoms with Crippen LogP contribution in [0.2, 0.25) is 0 Å². The molecule has 0 aliphatic heterocycles. The van der Waals surface area contributed by atoms with Crippen LogP contribution in [0.1, 0.15) is 11.1 Å². The van der Waals surface area contributed by atoms with Gasteiger partial charge in [0, 0.05) is 5.56 Å². The minimum atomic E-state index is 0.0790. The smallest absolute Gasteiger partial charge is 0.127 e. The monoisotopic (exact) mass is 294 g/mol. The van der Waals surface area contributed by atoms with E-state index in [2.05, 4.69) is 0 Å². The van der Waals surface area contributed by atoms with Gasteiger partial charge in [0.1, 0.15) is 23.4 Å². The summed E-state index contributed by atoms with van der Waals surface area (Å²) in [6.07, 6.45) is 1.64. The summed E-state index contributed by atoms with van der Waals surface area (Å²) in [7, 11) is 0. The van der Waals surface area contributed by atoms with E-state index in [1.165, 1.54) is 0 Å². The quantitative estimate of drug-likeness (QED) is 0.521.